The molecule has 0 rings (SSSR count). The molecule has 0 radical (unpaired) electrons. The Morgan fingerprint density at radius 3 is 2.18 bits per heavy atom. The van der Waals surface area contributed by atoms with Crippen molar-refractivity contribution in [3.05, 3.63) is 0 Å². The molecule has 0 aromatic rings. The fourth-order valence-corrected chi connectivity index (χ4v) is 3.14. The molecule has 0 amide bonds. The molecule has 4 nitrogen and oxygen atoms in total. The molecule has 2 atom stereocenters. The third kappa shape index (κ3) is 3.58. The Kier molecular flexibility index (Phi) is 5.44. The molecule has 0 heterocycles. The smallest absolute Gasteiger partial charge is 0.375 e. The van der Waals surface area contributed by atoms with Gasteiger partial charge in [0.2, 0.25) is 9.84 Å². The largest absolute Gasteiger partial charge is 0.481 e. The number of carboxylic acid groups (broad SMARTS) is 1. The second kappa shape index (κ2) is 5.70. The predicted molar refractivity (Wildman–Crippen MR) is 55.4 cm³/mol. The van der Waals surface area contributed by atoms with Crippen LogP contribution in [-0.4, -0.2) is 36.2 Å². The molecule has 2 unspecified atom stereocenters. The summed E-state index contributed by atoms with van der Waals surface area (Å²) in [5.74, 6) is -1.51. The number of halogens is 3. The number of sulfone groups is 1. The lowest BCUT2D eigenvalue weighted by atomic mass is 10.2. The minimum Gasteiger partial charge on any atom is -0.481 e. The molecule has 0 saturated heterocycles. The molecule has 8 heteroatoms. The predicted octanol–water partition coefficient (Wildman–Crippen LogP) is 2.00. The van der Waals surface area contributed by atoms with Crippen LogP contribution < -0.4 is 0 Å². The standard InChI is InChI=1S/C9H15F3O4S/c1-3-4-7(5-8(13)14)17(15,16)9(11,12)6(2)10/h6-7H,3-5H2,1-2H3,(H,13,14). The number of carboxylic acids is 1. The normalized spacial score (nSPS) is 16.5. The first kappa shape index (κ1) is 16.2. The van der Waals surface area contributed by atoms with Crippen LogP contribution in [0, 0.1) is 0 Å². The Balaban J connectivity index is 5.29. The third-order valence-corrected chi connectivity index (χ3v) is 4.66. The van der Waals surface area contributed by atoms with Gasteiger partial charge in [-0.05, 0) is 13.3 Å². The maximum absolute atomic E-state index is 13.2. The maximum Gasteiger partial charge on any atom is 0.375 e. The molecule has 0 aromatic heterocycles. The highest BCUT2D eigenvalue weighted by Crippen LogP contribution is 2.34. The van der Waals surface area contributed by atoms with E-state index >= 15 is 0 Å². The van der Waals surface area contributed by atoms with E-state index in [-0.39, 0.29) is 12.8 Å². The molecule has 17 heavy (non-hydrogen) atoms. The molecule has 0 bridgehead atoms. The van der Waals surface area contributed by atoms with Gasteiger partial charge in [-0.2, -0.15) is 8.78 Å². The van der Waals surface area contributed by atoms with Crippen molar-refractivity contribution in [1.29, 1.82) is 0 Å². The summed E-state index contributed by atoms with van der Waals surface area (Å²) in [7, 11) is -5.15. The lowest BCUT2D eigenvalue weighted by molar-refractivity contribution is -0.137. The number of rotatable bonds is 7. The molecule has 0 aliphatic heterocycles. The van der Waals surface area contributed by atoms with Gasteiger partial charge in [0.15, 0.2) is 6.17 Å². The minimum absolute atomic E-state index is 0.216. The van der Waals surface area contributed by atoms with Crippen molar-refractivity contribution in [2.24, 2.45) is 0 Å². The van der Waals surface area contributed by atoms with E-state index in [4.69, 9.17) is 5.11 Å². The van der Waals surface area contributed by atoms with E-state index in [1.165, 1.54) is 6.92 Å². The van der Waals surface area contributed by atoms with Gasteiger partial charge >= 0.3 is 11.2 Å². The zero-order chi connectivity index (χ0) is 13.9. The molecule has 102 valence electrons. The molecule has 0 aliphatic carbocycles. The third-order valence-electron chi connectivity index (χ3n) is 2.29. The van der Waals surface area contributed by atoms with Crippen LogP contribution in [-0.2, 0) is 14.6 Å². The van der Waals surface area contributed by atoms with E-state index in [1.54, 1.807) is 0 Å². The Bertz CT molecular complexity index is 364. The van der Waals surface area contributed by atoms with Crippen LogP contribution in [0.5, 0.6) is 0 Å². The second-order valence-corrected chi connectivity index (χ2v) is 6.03. The summed E-state index contributed by atoms with van der Waals surface area (Å²) in [4.78, 5) is 10.4. The van der Waals surface area contributed by atoms with Crippen LogP contribution >= 0.6 is 0 Å². The molecular formula is C9H15F3O4S. The molecule has 0 aliphatic rings. The van der Waals surface area contributed by atoms with Crippen LogP contribution in [0.4, 0.5) is 13.2 Å². The number of aliphatic carboxylic acids is 1. The van der Waals surface area contributed by atoms with Crippen molar-refractivity contribution < 1.29 is 31.5 Å². The van der Waals surface area contributed by atoms with Gasteiger partial charge < -0.3 is 5.11 Å². The average molecular weight is 276 g/mol. The van der Waals surface area contributed by atoms with Crippen LogP contribution in [0.3, 0.4) is 0 Å². The van der Waals surface area contributed by atoms with E-state index in [2.05, 4.69) is 0 Å². The summed E-state index contributed by atoms with van der Waals surface area (Å²) in [6.07, 6.45) is -3.84. The number of alkyl halides is 3. The van der Waals surface area contributed by atoms with Crippen molar-refractivity contribution in [3.63, 3.8) is 0 Å². The van der Waals surface area contributed by atoms with E-state index in [1.807, 2.05) is 0 Å². The van der Waals surface area contributed by atoms with Crippen molar-refractivity contribution in [3.8, 4) is 0 Å². The van der Waals surface area contributed by atoms with Crippen LogP contribution in [0.15, 0.2) is 0 Å². The van der Waals surface area contributed by atoms with Gasteiger partial charge in [0.05, 0.1) is 11.7 Å². The van der Waals surface area contributed by atoms with E-state index in [9.17, 15) is 26.4 Å². The Morgan fingerprint density at radius 1 is 1.41 bits per heavy atom. The highest BCUT2D eigenvalue weighted by Gasteiger charge is 2.54. The van der Waals surface area contributed by atoms with Crippen LogP contribution in [0.1, 0.15) is 33.1 Å². The van der Waals surface area contributed by atoms with Crippen LogP contribution in [0.25, 0.3) is 0 Å². The summed E-state index contributed by atoms with van der Waals surface area (Å²) < 4.78 is 62.0. The SMILES string of the molecule is CCCC(CC(=O)O)S(=O)(=O)C(F)(F)C(C)F. The van der Waals surface area contributed by atoms with Gasteiger partial charge in [-0.3, -0.25) is 4.79 Å². The second-order valence-electron chi connectivity index (χ2n) is 3.73. The first-order valence-corrected chi connectivity index (χ1v) is 6.59. The topological polar surface area (TPSA) is 71.4 Å². The molecule has 1 N–H and O–H groups in total. The summed E-state index contributed by atoms with van der Waals surface area (Å²) in [5.41, 5.74) is 0. The Morgan fingerprint density at radius 2 is 1.88 bits per heavy atom. The minimum atomic E-state index is -5.15. The summed E-state index contributed by atoms with van der Waals surface area (Å²) in [6.45, 7) is 1.96. The number of carbonyl (C=O) groups is 1. The van der Waals surface area contributed by atoms with Gasteiger partial charge in [-0.25, -0.2) is 12.8 Å². The van der Waals surface area contributed by atoms with Crippen molar-refractivity contribution in [1.82, 2.24) is 0 Å². The number of hydrogen-bond acceptors (Lipinski definition) is 3. The first-order valence-electron chi connectivity index (χ1n) is 5.04. The maximum atomic E-state index is 13.2. The van der Waals surface area contributed by atoms with E-state index in [0.29, 0.717) is 6.92 Å². The van der Waals surface area contributed by atoms with Gasteiger partial charge in [-0.1, -0.05) is 13.3 Å². The highest BCUT2D eigenvalue weighted by molar-refractivity contribution is 7.93. The summed E-state index contributed by atoms with van der Waals surface area (Å²) in [5, 5.41) is 2.16. The molecule has 0 aromatic carbocycles. The molecular weight excluding hydrogens is 261 g/mol. The lowest BCUT2D eigenvalue weighted by Gasteiger charge is -2.23. The average Bonchev–Trinajstić information content (AvgIpc) is 2.15. The summed E-state index contributed by atoms with van der Waals surface area (Å²) in [6, 6.07) is 0. The zero-order valence-corrected chi connectivity index (χ0v) is 10.3. The van der Waals surface area contributed by atoms with Crippen molar-refractivity contribution >= 4 is 15.8 Å². The Hall–Kier alpha value is -0.790. The van der Waals surface area contributed by atoms with E-state index in [0.717, 1.165) is 0 Å². The molecule has 0 spiro atoms. The van der Waals surface area contributed by atoms with Gasteiger partial charge in [-0.15, -0.1) is 0 Å². The highest BCUT2D eigenvalue weighted by atomic mass is 32.2. The molecule has 0 fully saturated rings. The zero-order valence-electron chi connectivity index (χ0n) is 9.49. The number of hydrogen-bond donors (Lipinski definition) is 1. The quantitative estimate of drug-likeness (QED) is 0.772. The first-order chi connectivity index (χ1) is 7.57. The van der Waals surface area contributed by atoms with Gasteiger partial charge in [0.1, 0.15) is 0 Å². The van der Waals surface area contributed by atoms with Crippen molar-refractivity contribution in [2.45, 2.75) is 49.8 Å². The fourth-order valence-electron chi connectivity index (χ4n) is 1.33. The van der Waals surface area contributed by atoms with Gasteiger partial charge in [0.25, 0.3) is 0 Å². The van der Waals surface area contributed by atoms with Gasteiger partial charge in [0, 0.05) is 0 Å². The summed E-state index contributed by atoms with van der Waals surface area (Å²) >= 11 is 0. The van der Waals surface area contributed by atoms with E-state index < -0.39 is 38.9 Å². The monoisotopic (exact) mass is 276 g/mol. The Labute approximate surface area is 97.7 Å². The van der Waals surface area contributed by atoms with Crippen LogP contribution in [0.2, 0.25) is 0 Å². The molecule has 0 saturated carbocycles. The van der Waals surface area contributed by atoms with Crippen molar-refractivity contribution in [2.75, 3.05) is 0 Å². The lowest BCUT2D eigenvalue weighted by Crippen LogP contribution is -2.44. The fraction of sp³-hybridized carbons (Fsp3) is 0.889.